The Labute approximate surface area is 95.5 Å². The SMILES string of the molecule is CCNS(=O)(=O)N(C)c1ccccc1C#N. The number of nitrogens with zero attached hydrogens (tertiary/aromatic N) is 2. The summed E-state index contributed by atoms with van der Waals surface area (Å²) >= 11 is 0. The minimum Gasteiger partial charge on any atom is -0.260 e. The normalized spacial score (nSPS) is 10.8. The highest BCUT2D eigenvalue weighted by molar-refractivity contribution is 7.90. The molecule has 1 aromatic rings. The lowest BCUT2D eigenvalue weighted by Gasteiger charge is -2.20. The van der Waals surface area contributed by atoms with Gasteiger partial charge in [0.15, 0.2) is 0 Å². The molecule has 1 N–H and O–H groups in total. The minimum atomic E-state index is -3.56. The molecule has 0 radical (unpaired) electrons. The largest absolute Gasteiger partial charge is 0.301 e. The predicted octanol–water partition coefficient (Wildman–Crippen LogP) is 0.849. The number of rotatable bonds is 4. The topological polar surface area (TPSA) is 73.2 Å². The first kappa shape index (κ1) is 12.5. The van der Waals surface area contributed by atoms with Crippen LogP contribution in [0, 0.1) is 11.3 Å². The van der Waals surface area contributed by atoms with Gasteiger partial charge in [-0.05, 0) is 12.1 Å². The standard InChI is InChI=1S/C10H13N3O2S/c1-3-12-16(14,15)13(2)10-7-5-4-6-9(10)8-11/h4-7,12H,3H2,1-2H3. The van der Waals surface area contributed by atoms with Gasteiger partial charge in [0.1, 0.15) is 6.07 Å². The van der Waals surface area contributed by atoms with Crippen LogP contribution in [-0.4, -0.2) is 22.0 Å². The van der Waals surface area contributed by atoms with Crippen LogP contribution in [0.5, 0.6) is 0 Å². The van der Waals surface area contributed by atoms with E-state index in [1.165, 1.54) is 7.05 Å². The zero-order valence-corrected chi connectivity index (χ0v) is 9.95. The van der Waals surface area contributed by atoms with Gasteiger partial charge in [0.05, 0.1) is 11.3 Å². The van der Waals surface area contributed by atoms with Crippen molar-refractivity contribution >= 4 is 15.9 Å². The number of hydrogen-bond donors (Lipinski definition) is 1. The molecule has 0 saturated heterocycles. The molecule has 0 spiro atoms. The van der Waals surface area contributed by atoms with Crippen LogP contribution in [0.15, 0.2) is 24.3 Å². The van der Waals surface area contributed by atoms with Crippen LogP contribution in [0.2, 0.25) is 0 Å². The first-order valence-electron chi connectivity index (χ1n) is 4.75. The Bertz CT molecular complexity index is 505. The van der Waals surface area contributed by atoms with E-state index in [1.807, 2.05) is 6.07 Å². The molecule has 0 unspecified atom stereocenters. The van der Waals surface area contributed by atoms with E-state index in [2.05, 4.69) is 4.72 Å². The second-order valence-corrected chi connectivity index (χ2v) is 4.89. The lowest BCUT2D eigenvalue weighted by atomic mass is 10.2. The summed E-state index contributed by atoms with van der Waals surface area (Å²) in [5.41, 5.74) is 0.692. The number of nitriles is 1. The minimum absolute atomic E-state index is 0.307. The molecule has 0 aliphatic heterocycles. The van der Waals surface area contributed by atoms with E-state index in [9.17, 15) is 8.42 Å². The van der Waals surface area contributed by atoms with Crippen LogP contribution in [0.25, 0.3) is 0 Å². The predicted molar refractivity (Wildman–Crippen MR) is 62.2 cm³/mol. The molecule has 0 saturated carbocycles. The molecular formula is C10H13N3O2S. The van der Waals surface area contributed by atoms with Crippen LogP contribution in [0.4, 0.5) is 5.69 Å². The number of para-hydroxylation sites is 1. The Kier molecular flexibility index (Phi) is 3.88. The van der Waals surface area contributed by atoms with Crippen molar-refractivity contribution in [2.45, 2.75) is 6.92 Å². The summed E-state index contributed by atoms with van der Waals surface area (Å²) < 4.78 is 26.8. The maximum atomic E-state index is 11.7. The zero-order valence-electron chi connectivity index (χ0n) is 9.14. The van der Waals surface area contributed by atoms with Crippen LogP contribution in [-0.2, 0) is 10.2 Å². The van der Waals surface area contributed by atoms with Crippen LogP contribution < -0.4 is 9.03 Å². The van der Waals surface area contributed by atoms with E-state index in [0.29, 0.717) is 17.8 Å². The van der Waals surface area contributed by atoms with E-state index in [0.717, 1.165) is 4.31 Å². The summed E-state index contributed by atoms with van der Waals surface area (Å²) in [4.78, 5) is 0. The van der Waals surface area contributed by atoms with Gasteiger partial charge in [0, 0.05) is 13.6 Å². The third-order valence-electron chi connectivity index (χ3n) is 2.05. The second kappa shape index (κ2) is 4.96. The highest BCUT2D eigenvalue weighted by Crippen LogP contribution is 2.19. The van der Waals surface area contributed by atoms with Gasteiger partial charge in [-0.15, -0.1) is 0 Å². The lowest BCUT2D eigenvalue weighted by Crippen LogP contribution is -2.38. The van der Waals surface area contributed by atoms with Crippen molar-refractivity contribution < 1.29 is 8.42 Å². The zero-order chi connectivity index (χ0) is 12.2. The van der Waals surface area contributed by atoms with Crippen LogP contribution in [0.1, 0.15) is 12.5 Å². The van der Waals surface area contributed by atoms with Crippen LogP contribution in [0.3, 0.4) is 0 Å². The Hall–Kier alpha value is -1.58. The molecule has 5 nitrogen and oxygen atoms in total. The van der Waals surface area contributed by atoms with Crippen molar-refractivity contribution in [2.75, 3.05) is 17.9 Å². The molecule has 0 fully saturated rings. The van der Waals surface area contributed by atoms with Gasteiger partial charge in [0.25, 0.3) is 0 Å². The molecule has 0 atom stereocenters. The highest BCUT2D eigenvalue weighted by Gasteiger charge is 2.18. The molecule has 0 aliphatic carbocycles. The maximum absolute atomic E-state index is 11.7. The number of benzene rings is 1. The molecule has 1 aromatic carbocycles. The third-order valence-corrected chi connectivity index (χ3v) is 3.62. The van der Waals surface area contributed by atoms with Crippen molar-refractivity contribution in [3.05, 3.63) is 29.8 Å². The lowest BCUT2D eigenvalue weighted by molar-refractivity contribution is 0.582. The number of anilines is 1. The van der Waals surface area contributed by atoms with Crippen molar-refractivity contribution in [1.82, 2.24) is 4.72 Å². The Morgan fingerprint density at radius 3 is 2.62 bits per heavy atom. The Balaban J connectivity index is 3.16. The van der Waals surface area contributed by atoms with E-state index < -0.39 is 10.2 Å². The molecule has 1 rings (SSSR count). The summed E-state index contributed by atoms with van der Waals surface area (Å²) in [5.74, 6) is 0. The summed E-state index contributed by atoms with van der Waals surface area (Å²) in [6.07, 6.45) is 0. The van der Waals surface area contributed by atoms with Gasteiger partial charge in [-0.3, -0.25) is 4.31 Å². The van der Waals surface area contributed by atoms with Gasteiger partial charge in [-0.25, -0.2) is 0 Å². The Morgan fingerprint density at radius 1 is 1.44 bits per heavy atom. The molecule has 86 valence electrons. The second-order valence-electron chi connectivity index (χ2n) is 3.10. The Morgan fingerprint density at radius 2 is 2.06 bits per heavy atom. The number of hydrogen-bond acceptors (Lipinski definition) is 3. The quantitative estimate of drug-likeness (QED) is 0.846. The van der Waals surface area contributed by atoms with Crippen molar-refractivity contribution in [2.24, 2.45) is 0 Å². The van der Waals surface area contributed by atoms with Crippen molar-refractivity contribution in [3.63, 3.8) is 0 Å². The van der Waals surface area contributed by atoms with E-state index in [1.54, 1.807) is 31.2 Å². The fourth-order valence-electron chi connectivity index (χ4n) is 1.25. The third kappa shape index (κ3) is 2.51. The van der Waals surface area contributed by atoms with E-state index >= 15 is 0 Å². The smallest absolute Gasteiger partial charge is 0.260 e. The molecule has 16 heavy (non-hydrogen) atoms. The van der Waals surface area contributed by atoms with Gasteiger partial charge in [-0.2, -0.15) is 18.4 Å². The average Bonchev–Trinajstić information content (AvgIpc) is 2.28. The average molecular weight is 239 g/mol. The molecule has 0 heterocycles. The molecule has 0 aromatic heterocycles. The molecule has 0 amide bonds. The van der Waals surface area contributed by atoms with Gasteiger partial charge in [-0.1, -0.05) is 19.1 Å². The van der Waals surface area contributed by atoms with E-state index in [-0.39, 0.29) is 0 Å². The summed E-state index contributed by atoms with van der Waals surface area (Å²) in [7, 11) is -2.15. The first-order valence-corrected chi connectivity index (χ1v) is 6.19. The fourth-order valence-corrected chi connectivity index (χ4v) is 2.23. The van der Waals surface area contributed by atoms with Gasteiger partial charge >= 0.3 is 10.2 Å². The molecular weight excluding hydrogens is 226 g/mol. The monoisotopic (exact) mass is 239 g/mol. The molecule has 6 heteroatoms. The van der Waals surface area contributed by atoms with E-state index in [4.69, 9.17) is 5.26 Å². The number of nitrogens with one attached hydrogen (secondary N) is 1. The summed E-state index contributed by atoms with van der Waals surface area (Å²) in [6, 6.07) is 8.50. The highest BCUT2D eigenvalue weighted by atomic mass is 32.2. The fraction of sp³-hybridized carbons (Fsp3) is 0.300. The maximum Gasteiger partial charge on any atom is 0.301 e. The first-order chi connectivity index (χ1) is 7.53. The summed E-state index contributed by atoms with van der Waals surface area (Å²) in [6.45, 7) is 2.00. The van der Waals surface area contributed by atoms with Crippen molar-refractivity contribution in [3.8, 4) is 6.07 Å². The molecule has 0 aliphatic rings. The van der Waals surface area contributed by atoms with Crippen LogP contribution >= 0.6 is 0 Å². The summed E-state index contributed by atoms with van der Waals surface area (Å²) in [5, 5.41) is 8.87. The molecule has 0 bridgehead atoms. The van der Waals surface area contributed by atoms with Crippen molar-refractivity contribution in [1.29, 1.82) is 5.26 Å². The van der Waals surface area contributed by atoms with Gasteiger partial charge in [0.2, 0.25) is 0 Å². The van der Waals surface area contributed by atoms with Gasteiger partial charge < -0.3 is 0 Å².